The van der Waals surface area contributed by atoms with Gasteiger partial charge in [0.25, 0.3) is 0 Å². The summed E-state index contributed by atoms with van der Waals surface area (Å²) >= 11 is 1.66. The predicted molar refractivity (Wildman–Crippen MR) is 66.5 cm³/mol. The van der Waals surface area contributed by atoms with Gasteiger partial charge in [0.05, 0.1) is 12.6 Å². The molecule has 16 heavy (non-hydrogen) atoms. The molecule has 0 saturated heterocycles. The lowest BCUT2D eigenvalue weighted by atomic mass is 10.2. The zero-order chi connectivity index (χ0) is 11.4. The van der Waals surface area contributed by atoms with Gasteiger partial charge in [-0.05, 0) is 54.6 Å². The molecule has 1 aliphatic rings. The maximum Gasteiger partial charge on any atom is 0.234 e. The van der Waals surface area contributed by atoms with Gasteiger partial charge in [0.2, 0.25) is 5.91 Å². The lowest BCUT2D eigenvalue weighted by molar-refractivity contribution is -0.120. The summed E-state index contributed by atoms with van der Waals surface area (Å²) in [6.07, 6.45) is 2.64. The van der Waals surface area contributed by atoms with E-state index in [0.29, 0.717) is 6.54 Å². The third-order valence-electron chi connectivity index (χ3n) is 2.84. The molecule has 2 N–H and O–H groups in total. The Kier molecular flexibility index (Phi) is 3.96. The van der Waals surface area contributed by atoms with E-state index in [1.807, 2.05) is 18.4 Å². The third-order valence-corrected chi connectivity index (χ3v) is 3.54. The smallest absolute Gasteiger partial charge is 0.234 e. The van der Waals surface area contributed by atoms with Gasteiger partial charge in [-0.15, -0.1) is 0 Å². The van der Waals surface area contributed by atoms with Gasteiger partial charge in [-0.3, -0.25) is 4.79 Å². The summed E-state index contributed by atoms with van der Waals surface area (Å²) in [5.74, 6) is 0.904. The standard InChI is InChI=1S/C12H18N2OS/c1-9(11-4-5-16-8-11)14-12(15)7-13-6-10-2-3-10/h4-5,8-10,13H,2-3,6-7H2,1H3,(H,14,15). The molecular formula is C12H18N2OS. The van der Waals surface area contributed by atoms with E-state index in [9.17, 15) is 4.79 Å². The highest BCUT2D eigenvalue weighted by Crippen LogP contribution is 2.27. The second-order valence-electron chi connectivity index (χ2n) is 4.42. The molecule has 4 heteroatoms. The van der Waals surface area contributed by atoms with Gasteiger partial charge in [0, 0.05) is 0 Å². The van der Waals surface area contributed by atoms with E-state index >= 15 is 0 Å². The summed E-state index contributed by atoms with van der Waals surface area (Å²) in [4.78, 5) is 11.6. The molecule has 1 heterocycles. The summed E-state index contributed by atoms with van der Waals surface area (Å²) in [7, 11) is 0. The fraction of sp³-hybridized carbons (Fsp3) is 0.583. The SMILES string of the molecule is CC(NC(=O)CNCC1CC1)c1ccsc1. The maximum absolute atomic E-state index is 11.6. The number of hydrogen-bond acceptors (Lipinski definition) is 3. The summed E-state index contributed by atoms with van der Waals surface area (Å²) in [6, 6.07) is 2.16. The van der Waals surface area contributed by atoms with Crippen molar-refractivity contribution in [2.24, 2.45) is 5.92 Å². The van der Waals surface area contributed by atoms with Crippen LogP contribution in [0.2, 0.25) is 0 Å². The molecule has 1 amide bonds. The van der Waals surface area contributed by atoms with Crippen LogP contribution in [0.3, 0.4) is 0 Å². The Morgan fingerprint density at radius 1 is 1.62 bits per heavy atom. The first kappa shape index (κ1) is 11.6. The highest BCUT2D eigenvalue weighted by atomic mass is 32.1. The fourth-order valence-electron chi connectivity index (χ4n) is 1.61. The van der Waals surface area contributed by atoms with Crippen molar-refractivity contribution >= 4 is 17.2 Å². The molecule has 1 aromatic heterocycles. The number of hydrogen-bond donors (Lipinski definition) is 2. The van der Waals surface area contributed by atoms with Crippen LogP contribution >= 0.6 is 11.3 Å². The summed E-state index contributed by atoms with van der Waals surface area (Å²) in [5.41, 5.74) is 1.18. The second-order valence-corrected chi connectivity index (χ2v) is 5.20. The summed E-state index contributed by atoms with van der Waals surface area (Å²) in [6.45, 7) is 3.44. The van der Waals surface area contributed by atoms with Crippen molar-refractivity contribution in [1.82, 2.24) is 10.6 Å². The minimum atomic E-state index is 0.0827. The Balaban J connectivity index is 1.65. The molecule has 1 aromatic rings. The molecule has 0 aliphatic heterocycles. The predicted octanol–water partition coefficient (Wildman–Crippen LogP) is 1.92. The van der Waals surface area contributed by atoms with Gasteiger partial charge in [-0.2, -0.15) is 11.3 Å². The van der Waals surface area contributed by atoms with Crippen molar-refractivity contribution in [1.29, 1.82) is 0 Å². The van der Waals surface area contributed by atoms with Gasteiger partial charge in [0.15, 0.2) is 0 Å². The largest absolute Gasteiger partial charge is 0.348 e. The normalized spacial score (nSPS) is 17.1. The Labute approximate surface area is 100 Å². The summed E-state index contributed by atoms with van der Waals surface area (Å²) < 4.78 is 0. The molecule has 88 valence electrons. The van der Waals surface area contributed by atoms with Crippen molar-refractivity contribution in [3.05, 3.63) is 22.4 Å². The van der Waals surface area contributed by atoms with Crippen LogP contribution < -0.4 is 10.6 Å². The Morgan fingerprint density at radius 2 is 2.44 bits per heavy atom. The van der Waals surface area contributed by atoms with Gasteiger partial charge >= 0.3 is 0 Å². The Bertz CT molecular complexity index is 333. The first-order chi connectivity index (χ1) is 7.75. The van der Waals surface area contributed by atoms with Crippen LogP contribution in [-0.2, 0) is 4.79 Å². The van der Waals surface area contributed by atoms with E-state index in [0.717, 1.165) is 12.5 Å². The number of rotatable bonds is 6. The minimum absolute atomic E-state index is 0.0827. The minimum Gasteiger partial charge on any atom is -0.348 e. The zero-order valence-electron chi connectivity index (χ0n) is 9.53. The Hall–Kier alpha value is -0.870. The van der Waals surface area contributed by atoms with E-state index in [-0.39, 0.29) is 11.9 Å². The molecule has 0 spiro atoms. The van der Waals surface area contributed by atoms with Crippen LogP contribution in [0.4, 0.5) is 0 Å². The van der Waals surface area contributed by atoms with Crippen LogP contribution in [0, 0.1) is 5.92 Å². The van der Waals surface area contributed by atoms with Crippen LogP contribution in [0.15, 0.2) is 16.8 Å². The number of amides is 1. The molecule has 3 nitrogen and oxygen atoms in total. The maximum atomic E-state index is 11.6. The lowest BCUT2D eigenvalue weighted by Gasteiger charge is -2.12. The number of carbonyl (C=O) groups excluding carboxylic acids is 1. The van der Waals surface area contributed by atoms with Crippen LogP contribution in [0.25, 0.3) is 0 Å². The molecule has 2 rings (SSSR count). The lowest BCUT2D eigenvalue weighted by Crippen LogP contribution is -2.36. The van der Waals surface area contributed by atoms with E-state index < -0.39 is 0 Å². The number of nitrogens with one attached hydrogen (secondary N) is 2. The van der Waals surface area contributed by atoms with Gasteiger partial charge in [0.1, 0.15) is 0 Å². The van der Waals surface area contributed by atoms with Crippen molar-refractivity contribution < 1.29 is 4.79 Å². The van der Waals surface area contributed by atoms with Crippen molar-refractivity contribution in [3.63, 3.8) is 0 Å². The fourth-order valence-corrected chi connectivity index (χ4v) is 2.36. The van der Waals surface area contributed by atoms with E-state index in [1.54, 1.807) is 11.3 Å². The highest BCUT2D eigenvalue weighted by Gasteiger charge is 2.20. The van der Waals surface area contributed by atoms with Crippen molar-refractivity contribution in [3.8, 4) is 0 Å². The summed E-state index contributed by atoms with van der Waals surface area (Å²) in [5, 5.41) is 10.3. The highest BCUT2D eigenvalue weighted by molar-refractivity contribution is 7.07. The molecule has 1 unspecified atom stereocenters. The van der Waals surface area contributed by atoms with Crippen LogP contribution in [-0.4, -0.2) is 19.0 Å². The molecule has 0 aromatic carbocycles. The average Bonchev–Trinajstić information content (AvgIpc) is 2.91. The van der Waals surface area contributed by atoms with E-state index in [1.165, 1.54) is 18.4 Å². The molecule has 1 fully saturated rings. The Morgan fingerprint density at radius 3 is 3.06 bits per heavy atom. The first-order valence-corrected chi connectivity index (χ1v) is 6.72. The zero-order valence-corrected chi connectivity index (χ0v) is 10.3. The number of carbonyl (C=O) groups is 1. The second kappa shape index (κ2) is 5.46. The molecule has 0 radical (unpaired) electrons. The molecule has 1 atom stereocenters. The topological polar surface area (TPSA) is 41.1 Å². The van der Waals surface area contributed by atoms with Crippen molar-refractivity contribution in [2.75, 3.05) is 13.1 Å². The first-order valence-electron chi connectivity index (χ1n) is 5.78. The van der Waals surface area contributed by atoms with Crippen molar-refractivity contribution in [2.45, 2.75) is 25.8 Å². The molecule has 1 aliphatic carbocycles. The van der Waals surface area contributed by atoms with Crippen LogP contribution in [0.1, 0.15) is 31.4 Å². The molecule has 1 saturated carbocycles. The number of thiophene rings is 1. The van der Waals surface area contributed by atoms with E-state index in [2.05, 4.69) is 16.0 Å². The molecule has 0 bridgehead atoms. The van der Waals surface area contributed by atoms with Gasteiger partial charge < -0.3 is 10.6 Å². The molecular weight excluding hydrogens is 220 g/mol. The quantitative estimate of drug-likeness (QED) is 0.795. The average molecular weight is 238 g/mol. The monoisotopic (exact) mass is 238 g/mol. The van der Waals surface area contributed by atoms with Gasteiger partial charge in [-0.25, -0.2) is 0 Å². The van der Waals surface area contributed by atoms with Gasteiger partial charge in [-0.1, -0.05) is 0 Å². The van der Waals surface area contributed by atoms with Crippen LogP contribution in [0.5, 0.6) is 0 Å². The van der Waals surface area contributed by atoms with E-state index in [4.69, 9.17) is 0 Å². The third kappa shape index (κ3) is 3.61.